The second-order valence-electron chi connectivity index (χ2n) is 1.74. The minimum Gasteiger partial charge on any atom is -0.356 e. The number of halogens is 4. The lowest BCUT2D eigenvalue weighted by Gasteiger charge is -2.31. The summed E-state index contributed by atoms with van der Waals surface area (Å²) in [4.78, 5) is 0. The van der Waals surface area contributed by atoms with Gasteiger partial charge in [-0.2, -0.15) is 0 Å². The van der Waals surface area contributed by atoms with Gasteiger partial charge in [-0.25, -0.2) is 0 Å². The number of hydrogen-bond acceptors (Lipinski definition) is 2. The van der Waals surface area contributed by atoms with Crippen LogP contribution in [-0.4, -0.2) is 20.5 Å². The molecule has 0 bridgehead atoms. The van der Waals surface area contributed by atoms with Crippen LogP contribution in [0.5, 0.6) is 0 Å². The van der Waals surface area contributed by atoms with Crippen molar-refractivity contribution < 1.29 is 4.74 Å². The van der Waals surface area contributed by atoms with Crippen molar-refractivity contribution >= 4 is 58.2 Å². The van der Waals surface area contributed by atoms with E-state index in [2.05, 4.69) is 0 Å². The fraction of sp³-hybridized carbons (Fsp3) is 1.00. The molecule has 2 atom stereocenters. The van der Waals surface area contributed by atoms with Crippen LogP contribution < -0.4 is 0 Å². The average Bonchev–Trinajstić information content (AvgIpc) is 1.78. The maximum Gasteiger partial charge on any atom is 0.204 e. The van der Waals surface area contributed by atoms with Crippen LogP contribution in [0.4, 0.5) is 0 Å². The number of thioether (sulfide) groups is 1. The van der Waals surface area contributed by atoms with Crippen LogP contribution in [0.15, 0.2) is 0 Å². The van der Waals surface area contributed by atoms with Crippen molar-refractivity contribution in [2.24, 2.45) is 0 Å². The highest BCUT2D eigenvalue weighted by Gasteiger charge is 2.41. The van der Waals surface area contributed by atoms with E-state index in [1.807, 2.05) is 0 Å². The molecule has 1 aliphatic rings. The van der Waals surface area contributed by atoms with E-state index in [-0.39, 0.29) is 4.71 Å². The summed E-state index contributed by atoms with van der Waals surface area (Å²) in [6.45, 7) is 0.377. The summed E-state index contributed by atoms with van der Waals surface area (Å²) >= 11 is 23.9. The zero-order valence-electron chi connectivity index (χ0n) is 4.69. The SMILES string of the molecule is ClC1COC(Cl)C(Cl)(Cl)S1. The highest BCUT2D eigenvalue weighted by atomic mass is 35.5. The number of ether oxygens (including phenoxy) is 1. The number of alkyl halides is 4. The lowest BCUT2D eigenvalue weighted by atomic mass is 10.7. The quantitative estimate of drug-likeness (QED) is 0.604. The molecule has 0 aromatic rings. The molecule has 0 aromatic heterocycles. The van der Waals surface area contributed by atoms with E-state index in [0.29, 0.717) is 6.61 Å². The standard InChI is InChI=1S/C4H4Cl4OS/c5-2-1-9-3(6)4(7,8)10-2/h2-3H,1H2. The lowest BCUT2D eigenvalue weighted by Crippen LogP contribution is -2.34. The predicted molar refractivity (Wildman–Crippen MR) is 47.3 cm³/mol. The van der Waals surface area contributed by atoms with E-state index in [9.17, 15) is 0 Å². The molecular formula is C4H4Cl4OS. The van der Waals surface area contributed by atoms with Crippen LogP contribution in [0, 0.1) is 0 Å². The largest absolute Gasteiger partial charge is 0.356 e. The molecule has 6 heteroatoms. The van der Waals surface area contributed by atoms with Gasteiger partial charge in [0.2, 0.25) is 3.67 Å². The Labute approximate surface area is 83.3 Å². The van der Waals surface area contributed by atoms with Crippen LogP contribution >= 0.6 is 58.2 Å². The third-order valence-corrected chi connectivity index (χ3v) is 3.97. The van der Waals surface area contributed by atoms with E-state index in [4.69, 9.17) is 51.1 Å². The molecule has 0 radical (unpaired) electrons. The van der Waals surface area contributed by atoms with Gasteiger partial charge in [-0.05, 0) is 0 Å². The average molecular weight is 242 g/mol. The molecule has 1 aliphatic heterocycles. The second-order valence-corrected chi connectivity index (χ2v) is 6.20. The summed E-state index contributed by atoms with van der Waals surface area (Å²) in [5, 5.41) is 0. The Bertz CT molecular complexity index is 130. The molecule has 0 aromatic carbocycles. The molecule has 1 fully saturated rings. The van der Waals surface area contributed by atoms with Gasteiger partial charge in [-0.3, -0.25) is 0 Å². The summed E-state index contributed by atoms with van der Waals surface area (Å²) in [5.74, 6) is 0. The molecule has 1 saturated heterocycles. The Morgan fingerprint density at radius 2 is 2.00 bits per heavy atom. The van der Waals surface area contributed by atoms with Crippen molar-refractivity contribution in [3.63, 3.8) is 0 Å². The van der Waals surface area contributed by atoms with Gasteiger partial charge in [0, 0.05) is 0 Å². The van der Waals surface area contributed by atoms with Gasteiger partial charge < -0.3 is 4.74 Å². The Balaban J connectivity index is 2.55. The zero-order chi connectivity index (χ0) is 7.78. The first-order valence-corrected chi connectivity index (χ1v) is 4.98. The Kier molecular flexibility index (Phi) is 3.31. The van der Waals surface area contributed by atoms with Crippen LogP contribution in [0.1, 0.15) is 0 Å². The number of rotatable bonds is 0. The van der Waals surface area contributed by atoms with Crippen LogP contribution in [0.25, 0.3) is 0 Å². The first-order valence-electron chi connectivity index (χ1n) is 2.48. The summed E-state index contributed by atoms with van der Waals surface area (Å²) in [6, 6.07) is 0. The number of hydrogen-bond donors (Lipinski definition) is 0. The van der Waals surface area contributed by atoms with Gasteiger partial charge in [-0.1, -0.05) is 46.6 Å². The van der Waals surface area contributed by atoms with Gasteiger partial charge in [0.15, 0.2) is 5.56 Å². The third-order valence-electron chi connectivity index (χ3n) is 0.923. The highest BCUT2D eigenvalue weighted by molar-refractivity contribution is 8.05. The molecule has 10 heavy (non-hydrogen) atoms. The predicted octanol–water partition coefficient (Wildman–Crippen LogP) is 3.01. The maximum atomic E-state index is 5.70. The van der Waals surface area contributed by atoms with E-state index in [1.54, 1.807) is 0 Å². The summed E-state index contributed by atoms with van der Waals surface area (Å²) in [6.07, 6.45) is 0. The van der Waals surface area contributed by atoms with Crippen molar-refractivity contribution in [1.29, 1.82) is 0 Å². The smallest absolute Gasteiger partial charge is 0.204 e. The summed E-state index contributed by atoms with van der Waals surface area (Å²) in [5.41, 5.74) is -0.684. The molecule has 0 saturated carbocycles. The molecule has 1 nitrogen and oxygen atoms in total. The van der Waals surface area contributed by atoms with Crippen LogP contribution in [-0.2, 0) is 4.74 Å². The van der Waals surface area contributed by atoms with Gasteiger partial charge in [0.1, 0.15) is 4.71 Å². The van der Waals surface area contributed by atoms with E-state index in [0.717, 1.165) is 0 Å². The fourth-order valence-electron chi connectivity index (χ4n) is 0.515. The first kappa shape index (κ1) is 9.56. The van der Waals surface area contributed by atoms with Crippen molar-refractivity contribution in [3.8, 4) is 0 Å². The van der Waals surface area contributed by atoms with E-state index >= 15 is 0 Å². The Hall–Kier alpha value is 1.47. The lowest BCUT2D eigenvalue weighted by molar-refractivity contribution is 0.113. The van der Waals surface area contributed by atoms with Gasteiger partial charge in [-0.15, -0.1) is 11.6 Å². The molecular weight excluding hydrogens is 238 g/mol. The van der Waals surface area contributed by atoms with Crippen molar-refractivity contribution in [3.05, 3.63) is 0 Å². The summed E-state index contributed by atoms with van der Waals surface area (Å²) in [7, 11) is 0. The maximum absolute atomic E-state index is 5.70. The van der Waals surface area contributed by atoms with E-state index < -0.39 is 9.23 Å². The zero-order valence-corrected chi connectivity index (χ0v) is 8.53. The molecule has 60 valence electrons. The van der Waals surface area contributed by atoms with Gasteiger partial charge in [0.05, 0.1) is 6.61 Å². The molecule has 1 rings (SSSR count). The fourth-order valence-corrected chi connectivity index (χ4v) is 2.94. The molecule has 2 unspecified atom stereocenters. The minimum absolute atomic E-state index is 0.218. The van der Waals surface area contributed by atoms with Gasteiger partial charge in [0.25, 0.3) is 0 Å². The molecule has 1 heterocycles. The second kappa shape index (κ2) is 3.46. The van der Waals surface area contributed by atoms with Crippen LogP contribution in [0.2, 0.25) is 0 Å². The Morgan fingerprint density at radius 1 is 1.40 bits per heavy atom. The van der Waals surface area contributed by atoms with Crippen molar-refractivity contribution in [1.82, 2.24) is 0 Å². The highest BCUT2D eigenvalue weighted by Crippen LogP contribution is 2.47. The van der Waals surface area contributed by atoms with Gasteiger partial charge >= 0.3 is 0 Å². The molecule has 0 aliphatic carbocycles. The van der Waals surface area contributed by atoms with Crippen molar-refractivity contribution in [2.45, 2.75) is 13.9 Å². The first-order chi connectivity index (χ1) is 4.52. The van der Waals surface area contributed by atoms with Crippen molar-refractivity contribution in [2.75, 3.05) is 6.61 Å². The van der Waals surface area contributed by atoms with Crippen LogP contribution in [0.3, 0.4) is 0 Å². The third kappa shape index (κ3) is 2.23. The molecule has 0 spiro atoms. The normalized spacial score (nSPS) is 39.6. The molecule has 0 N–H and O–H groups in total. The molecule has 0 amide bonds. The summed E-state index contributed by atoms with van der Waals surface area (Å²) < 4.78 is 3.62. The monoisotopic (exact) mass is 240 g/mol. The Morgan fingerprint density at radius 3 is 2.40 bits per heavy atom. The topological polar surface area (TPSA) is 9.23 Å². The van der Waals surface area contributed by atoms with E-state index in [1.165, 1.54) is 11.8 Å². The minimum atomic E-state index is -1.12.